The number of carbonyl (C=O) groups is 1. The molecule has 0 saturated heterocycles. The van der Waals surface area contributed by atoms with Crippen molar-refractivity contribution in [2.24, 2.45) is 0 Å². The molecule has 1 heterocycles. The molecule has 1 N–H and O–H groups in total. The van der Waals surface area contributed by atoms with E-state index in [0.29, 0.717) is 5.56 Å². The second-order valence-corrected chi connectivity index (χ2v) is 6.60. The first-order valence-electron chi connectivity index (χ1n) is 7.70. The van der Waals surface area contributed by atoms with Crippen molar-refractivity contribution in [2.45, 2.75) is 0 Å². The molecule has 0 aliphatic carbocycles. The van der Waals surface area contributed by atoms with Gasteiger partial charge in [0.15, 0.2) is 5.13 Å². The van der Waals surface area contributed by atoms with E-state index >= 15 is 0 Å². The van der Waals surface area contributed by atoms with E-state index in [-0.39, 0.29) is 5.82 Å². The van der Waals surface area contributed by atoms with Gasteiger partial charge in [-0.15, -0.1) is 0 Å². The molecule has 3 aromatic carbocycles. The van der Waals surface area contributed by atoms with E-state index in [2.05, 4.69) is 10.3 Å². The van der Waals surface area contributed by atoms with Crippen molar-refractivity contribution in [2.75, 3.05) is 5.32 Å². The van der Waals surface area contributed by atoms with Crippen LogP contribution in [-0.4, -0.2) is 11.3 Å². The Kier molecular flexibility index (Phi) is 3.99. The van der Waals surface area contributed by atoms with Gasteiger partial charge in [-0.1, -0.05) is 47.7 Å². The third-order valence-corrected chi connectivity index (χ3v) is 4.80. The molecule has 1 aromatic heterocycles. The first-order chi connectivity index (χ1) is 12.2. The van der Waals surface area contributed by atoms with Crippen LogP contribution in [0.2, 0.25) is 0 Å². The topological polar surface area (TPSA) is 42.0 Å². The van der Waals surface area contributed by atoms with Crippen molar-refractivity contribution < 1.29 is 9.18 Å². The number of anilines is 2. The van der Waals surface area contributed by atoms with Crippen molar-refractivity contribution in [3.8, 4) is 11.1 Å². The predicted molar refractivity (Wildman–Crippen MR) is 100 cm³/mol. The van der Waals surface area contributed by atoms with Crippen LogP contribution in [0, 0.1) is 5.82 Å². The molecule has 0 spiro atoms. The van der Waals surface area contributed by atoms with E-state index in [0.717, 1.165) is 38.4 Å². The van der Waals surface area contributed by atoms with Gasteiger partial charge in [0.1, 0.15) is 12.1 Å². The van der Waals surface area contributed by atoms with Gasteiger partial charge in [-0.25, -0.2) is 9.37 Å². The number of aldehydes is 1. The highest BCUT2D eigenvalue weighted by Crippen LogP contribution is 2.29. The average molecular weight is 348 g/mol. The quantitative estimate of drug-likeness (QED) is 0.484. The third kappa shape index (κ3) is 3.27. The predicted octanol–water partition coefficient (Wildman–Crippen LogP) is 5.66. The molecule has 3 nitrogen and oxygen atoms in total. The second-order valence-electron chi connectivity index (χ2n) is 5.57. The molecule has 0 aliphatic heterocycles. The van der Waals surface area contributed by atoms with Crippen molar-refractivity contribution in [1.82, 2.24) is 4.98 Å². The number of carbonyl (C=O) groups excluding carboxylic acids is 1. The highest BCUT2D eigenvalue weighted by atomic mass is 32.1. The fourth-order valence-corrected chi connectivity index (χ4v) is 3.49. The lowest BCUT2D eigenvalue weighted by atomic mass is 10.0. The zero-order chi connectivity index (χ0) is 17.2. The summed E-state index contributed by atoms with van der Waals surface area (Å²) >= 11 is 1.42. The number of nitrogens with one attached hydrogen (secondary N) is 1. The first-order valence-corrected chi connectivity index (χ1v) is 8.52. The molecule has 5 heteroatoms. The Labute approximate surface area is 147 Å². The summed E-state index contributed by atoms with van der Waals surface area (Å²) in [5, 5.41) is 3.97. The Morgan fingerprint density at radius 1 is 0.920 bits per heavy atom. The monoisotopic (exact) mass is 348 g/mol. The second kappa shape index (κ2) is 6.45. The summed E-state index contributed by atoms with van der Waals surface area (Å²) in [6.45, 7) is 0. The van der Waals surface area contributed by atoms with Gasteiger partial charge in [-0.2, -0.15) is 0 Å². The van der Waals surface area contributed by atoms with Crippen LogP contribution in [0.3, 0.4) is 0 Å². The van der Waals surface area contributed by atoms with Crippen molar-refractivity contribution in [1.29, 1.82) is 0 Å². The van der Waals surface area contributed by atoms with E-state index in [1.807, 2.05) is 36.4 Å². The number of rotatable bonds is 4. The van der Waals surface area contributed by atoms with Crippen molar-refractivity contribution >= 4 is 38.7 Å². The van der Waals surface area contributed by atoms with Gasteiger partial charge in [0.2, 0.25) is 0 Å². The number of benzene rings is 3. The highest BCUT2D eigenvalue weighted by Gasteiger charge is 2.05. The standard InChI is InChI=1S/C20H13FN2OS/c21-16-7-10-18-19(11-16)25-20(23-18)22-17-8-5-15(6-9-17)14-3-1-13(12-24)2-4-14/h1-12H,(H,22,23). The molecule has 0 amide bonds. The molecule has 4 rings (SSSR count). The molecule has 0 aliphatic rings. The van der Waals surface area contributed by atoms with Gasteiger partial charge in [0.25, 0.3) is 0 Å². The summed E-state index contributed by atoms with van der Waals surface area (Å²) in [6, 6.07) is 20.0. The summed E-state index contributed by atoms with van der Waals surface area (Å²) in [5.74, 6) is -0.257. The Balaban J connectivity index is 1.55. The normalized spacial score (nSPS) is 10.8. The fraction of sp³-hybridized carbons (Fsp3) is 0. The Bertz CT molecular complexity index is 1040. The summed E-state index contributed by atoms with van der Waals surface area (Å²) < 4.78 is 14.1. The van der Waals surface area contributed by atoms with Crippen LogP contribution >= 0.6 is 11.3 Å². The number of fused-ring (bicyclic) bond motifs is 1. The number of halogens is 1. The number of hydrogen-bond acceptors (Lipinski definition) is 4. The zero-order valence-corrected chi connectivity index (χ0v) is 13.9. The summed E-state index contributed by atoms with van der Waals surface area (Å²) in [6.07, 6.45) is 0.834. The Morgan fingerprint density at radius 3 is 2.28 bits per heavy atom. The molecule has 0 saturated carbocycles. The maximum absolute atomic E-state index is 13.3. The van der Waals surface area contributed by atoms with Crippen LogP contribution < -0.4 is 5.32 Å². The van der Waals surface area contributed by atoms with E-state index < -0.39 is 0 Å². The summed E-state index contributed by atoms with van der Waals surface area (Å²) in [7, 11) is 0. The lowest BCUT2D eigenvalue weighted by Gasteiger charge is -2.05. The molecule has 0 atom stereocenters. The summed E-state index contributed by atoms with van der Waals surface area (Å²) in [4.78, 5) is 15.2. The van der Waals surface area contributed by atoms with Crippen LogP contribution in [0.1, 0.15) is 10.4 Å². The van der Waals surface area contributed by atoms with Gasteiger partial charge in [-0.3, -0.25) is 4.79 Å². The number of nitrogens with zero attached hydrogens (tertiary/aromatic N) is 1. The van der Waals surface area contributed by atoms with E-state index in [4.69, 9.17) is 0 Å². The minimum atomic E-state index is -0.257. The summed E-state index contributed by atoms with van der Waals surface area (Å²) in [5.41, 5.74) is 4.46. The largest absolute Gasteiger partial charge is 0.332 e. The lowest BCUT2D eigenvalue weighted by Crippen LogP contribution is -1.89. The minimum Gasteiger partial charge on any atom is -0.332 e. The molecule has 25 heavy (non-hydrogen) atoms. The van der Waals surface area contributed by atoms with E-state index in [1.165, 1.54) is 23.5 Å². The lowest BCUT2D eigenvalue weighted by molar-refractivity contribution is 0.112. The van der Waals surface area contributed by atoms with Gasteiger partial charge >= 0.3 is 0 Å². The minimum absolute atomic E-state index is 0.257. The molecule has 122 valence electrons. The zero-order valence-electron chi connectivity index (χ0n) is 13.1. The van der Waals surface area contributed by atoms with E-state index in [9.17, 15) is 9.18 Å². The van der Waals surface area contributed by atoms with Gasteiger partial charge in [0, 0.05) is 11.3 Å². The molecule has 0 unspecified atom stereocenters. The van der Waals surface area contributed by atoms with Gasteiger partial charge < -0.3 is 5.32 Å². The number of aromatic nitrogens is 1. The van der Waals surface area contributed by atoms with Crippen LogP contribution in [0.5, 0.6) is 0 Å². The van der Waals surface area contributed by atoms with E-state index in [1.54, 1.807) is 18.2 Å². The van der Waals surface area contributed by atoms with Crippen LogP contribution in [0.15, 0.2) is 66.7 Å². The maximum Gasteiger partial charge on any atom is 0.188 e. The maximum atomic E-state index is 13.3. The molecule has 4 aromatic rings. The van der Waals surface area contributed by atoms with Crippen molar-refractivity contribution in [3.63, 3.8) is 0 Å². The fourth-order valence-electron chi connectivity index (χ4n) is 2.58. The average Bonchev–Trinajstić information content (AvgIpc) is 3.04. The van der Waals surface area contributed by atoms with Gasteiger partial charge in [-0.05, 0) is 41.5 Å². The number of thiazole rings is 1. The van der Waals surface area contributed by atoms with Crippen LogP contribution in [0.4, 0.5) is 15.2 Å². The highest BCUT2D eigenvalue weighted by molar-refractivity contribution is 7.22. The Morgan fingerprint density at radius 2 is 1.60 bits per heavy atom. The van der Waals surface area contributed by atoms with Crippen LogP contribution in [-0.2, 0) is 0 Å². The smallest absolute Gasteiger partial charge is 0.188 e. The third-order valence-electron chi connectivity index (χ3n) is 3.87. The molecular formula is C20H13FN2OS. The molecular weight excluding hydrogens is 335 g/mol. The molecule has 0 radical (unpaired) electrons. The SMILES string of the molecule is O=Cc1ccc(-c2ccc(Nc3nc4ccc(F)cc4s3)cc2)cc1. The molecule has 0 bridgehead atoms. The van der Waals surface area contributed by atoms with Crippen molar-refractivity contribution in [3.05, 3.63) is 78.1 Å². The Hall–Kier alpha value is -3.05. The first kappa shape index (κ1) is 15.5. The van der Waals surface area contributed by atoms with Crippen LogP contribution in [0.25, 0.3) is 21.3 Å². The number of hydrogen-bond donors (Lipinski definition) is 1. The molecule has 0 fully saturated rings. The van der Waals surface area contributed by atoms with Gasteiger partial charge in [0.05, 0.1) is 10.2 Å².